The first-order chi connectivity index (χ1) is 9.38. The van der Waals surface area contributed by atoms with Crippen LogP contribution in [0, 0.1) is 0 Å². The van der Waals surface area contributed by atoms with Crippen LogP contribution in [0.3, 0.4) is 0 Å². The zero-order valence-corrected chi connectivity index (χ0v) is 10.6. The first-order valence-corrected chi connectivity index (χ1v) is 6.37. The molecule has 0 bridgehead atoms. The van der Waals surface area contributed by atoms with Crippen molar-refractivity contribution in [1.82, 2.24) is 9.97 Å². The Balaban J connectivity index is 2.08. The number of hydrogen-bond donors (Lipinski definition) is 1. The Morgan fingerprint density at radius 3 is 2.42 bits per heavy atom. The summed E-state index contributed by atoms with van der Waals surface area (Å²) in [7, 11) is 0. The average molecular weight is 249 g/mol. The van der Waals surface area contributed by atoms with Crippen molar-refractivity contribution in [2.75, 3.05) is 6.54 Å². The smallest absolute Gasteiger partial charge is 0.159 e. The minimum absolute atomic E-state index is 0.622. The Kier molecular flexibility index (Phi) is 3.21. The lowest BCUT2D eigenvalue weighted by Crippen LogP contribution is -2.03. The van der Waals surface area contributed by atoms with E-state index in [1.807, 2.05) is 30.6 Å². The highest BCUT2D eigenvalue weighted by molar-refractivity contribution is 5.94. The molecule has 3 aromatic rings. The monoisotopic (exact) mass is 249 g/mol. The van der Waals surface area contributed by atoms with Gasteiger partial charge < -0.3 is 5.73 Å². The average Bonchev–Trinajstić information content (AvgIpc) is 2.48. The van der Waals surface area contributed by atoms with E-state index in [1.54, 1.807) is 0 Å². The number of benzene rings is 2. The summed E-state index contributed by atoms with van der Waals surface area (Å²) in [5.74, 6) is 0.762. The summed E-state index contributed by atoms with van der Waals surface area (Å²) in [4.78, 5) is 8.90. The topological polar surface area (TPSA) is 51.8 Å². The molecule has 1 aromatic heterocycles. The number of fused-ring (bicyclic) bond motifs is 1. The molecule has 0 saturated heterocycles. The maximum atomic E-state index is 5.53. The van der Waals surface area contributed by atoms with Crippen molar-refractivity contribution in [2.45, 2.75) is 6.42 Å². The molecule has 0 fully saturated rings. The Hall–Kier alpha value is -2.26. The van der Waals surface area contributed by atoms with Crippen molar-refractivity contribution in [3.63, 3.8) is 0 Å². The van der Waals surface area contributed by atoms with Crippen molar-refractivity contribution in [2.24, 2.45) is 5.73 Å². The van der Waals surface area contributed by atoms with E-state index in [9.17, 15) is 0 Å². The quantitative estimate of drug-likeness (QED) is 0.776. The molecule has 0 unspecified atom stereocenters. The summed E-state index contributed by atoms with van der Waals surface area (Å²) in [6.07, 6.45) is 4.53. The second-order valence-corrected chi connectivity index (χ2v) is 4.48. The van der Waals surface area contributed by atoms with Crippen LogP contribution in [0.2, 0.25) is 0 Å². The predicted molar refractivity (Wildman–Crippen MR) is 77.7 cm³/mol. The fraction of sp³-hybridized carbons (Fsp3) is 0.125. The first kappa shape index (κ1) is 11.8. The van der Waals surface area contributed by atoms with E-state index in [-0.39, 0.29) is 0 Å². The number of rotatable bonds is 3. The molecule has 3 heteroatoms. The maximum absolute atomic E-state index is 5.53. The van der Waals surface area contributed by atoms with Gasteiger partial charge in [-0.1, -0.05) is 42.5 Å². The number of hydrogen-bond acceptors (Lipinski definition) is 3. The third-order valence-electron chi connectivity index (χ3n) is 3.17. The van der Waals surface area contributed by atoms with E-state index in [0.717, 1.165) is 23.4 Å². The summed E-state index contributed by atoms with van der Waals surface area (Å²) < 4.78 is 0. The third-order valence-corrected chi connectivity index (χ3v) is 3.17. The fourth-order valence-corrected chi connectivity index (χ4v) is 2.21. The van der Waals surface area contributed by atoms with Crippen LogP contribution in [0.1, 0.15) is 5.56 Å². The maximum Gasteiger partial charge on any atom is 0.159 e. The molecule has 0 saturated carbocycles. The molecule has 0 atom stereocenters. The van der Waals surface area contributed by atoms with Crippen LogP contribution < -0.4 is 5.73 Å². The van der Waals surface area contributed by atoms with Crippen LogP contribution in [0.15, 0.2) is 54.9 Å². The van der Waals surface area contributed by atoms with E-state index in [4.69, 9.17) is 5.73 Å². The van der Waals surface area contributed by atoms with Crippen LogP contribution in [0.4, 0.5) is 0 Å². The Labute approximate surface area is 112 Å². The molecule has 3 rings (SSSR count). The van der Waals surface area contributed by atoms with E-state index in [0.29, 0.717) is 6.54 Å². The molecule has 0 spiro atoms. The van der Waals surface area contributed by atoms with Crippen molar-refractivity contribution < 1.29 is 0 Å². The van der Waals surface area contributed by atoms with E-state index >= 15 is 0 Å². The summed E-state index contributed by atoms with van der Waals surface area (Å²) in [5, 5.41) is 2.38. The van der Waals surface area contributed by atoms with E-state index < -0.39 is 0 Å². The molecule has 0 amide bonds. The lowest BCUT2D eigenvalue weighted by molar-refractivity contribution is 0.943. The predicted octanol–water partition coefficient (Wildman–Crippen LogP) is 2.80. The van der Waals surface area contributed by atoms with Gasteiger partial charge in [0.25, 0.3) is 0 Å². The van der Waals surface area contributed by atoms with Crippen LogP contribution in [0.25, 0.3) is 22.2 Å². The molecular formula is C16H15N3. The fourth-order valence-electron chi connectivity index (χ4n) is 2.21. The standard InChI is InChI=1S/C16H15N3/c17-9-8-12-10-18-16(19-11-12)15-7-3-5-13-4-1-2-6-14(13)15/h1-7,10-11H,8-9,17H2. The van der Waals surface area contributed by atoms with Crippen LogP contribution >= 0.6 is 0 Å². The largest absolute Gasteiger partial charge is 0.330 e. The highest BCUT2D eigenvalue weighted by atomic mass is 14.9. The minimum Gasteiger partial charge on any atom is -0.330 e. The summed E-state index contributed by atoms with van der Waals surface area (Å²) in [5.41, 5.74) is 7.67. The molecule has 2 aromatic carbocycles. The highest BCUT2D eigenvalue weighted by Gasteiger charge is 2.05. The summed E-state index contributed by atoms with van der Waals surface area (Å²) >= 11 is 0. The van der Waals surface area contributed by atoms with Crippen molar-refractivity contribution in [3.8, 4) is 11.4 Å². The molecule has 0 aliphatic carbocycles. The molecule has 0 radical (unpaired) electrons. The first-order valence-electron chi connectivity index (χ1n) is 6.37. The molecule has 3 nitrogen and oxygen atoms in total. The second kappa shape index (κ2) is 5.16. The van der Waals surface area contributed by atoms with Gasteiger partial charge in [-0.15, -0.1) is 0 Å². The van der Waals surface area contributed by atoms with E-state index in [2.05, 4.69) is 34.2 Å². The molecule has 0 aliphatic rings. The minimum atomic E-state index is 0.622. The Bertz CT molecular complexity index is 684. The van der Waals surface area contributed by atoms with Gasteiger partial charge in [-0.25, -0.2) is 9.97 Å². The Morgan fingerprint density at radius 1 is 0.895 bits per heavy atom. The molecule has 94 valence electrons. The van der Waals surface area contributed by atoms with Gasteiger partial charge in [0.15, 0.2) is 5.82 Å². The summed E-state index contributed by atoms with van der Waals surface area (Å²) in [6, 6.07) is 14.5. The number of nitrogens with two attached hydrogens (primary N) is 1. The zero-order valence-electron chi connectivity index (χ0n) is 10.6. The number of aromatic nitrogens is 2. The normalized spacial score (nSPS) is 10.8. The van der Waals surface area contributed by atoms with Gasteiger partial charge in [0.2, 0.25) is 0 Å². The van der Waals surface area contributed by atoms with Crippen molar-refractivity contribution in [1.29, 1.82) is 0 Å². The van der Waals surface area contributed by atoms with E-state index in [1.165, 1.54) is 10.8 Å². The lowest BCUT2D eigenvalue weighted by Gasteiger charge is -2.06. The van der Waals surface area contributed by atoms with Gasteiger partial charge in [0.05, 0.1) is 0 Å². The van der Waals surface area contributed by atoms with Crippen molar-refractivity contribution >= 4 is 10.8 Å². The lowest BCUT2D eigenvalue weighted by atomic mass is 10.0. The zero-order chi connectivity index (χ0) is 13.1. The third kappa shape index (κ3) is 2.33. The number of nitrogens with zero attached hydrogens (tertiary/aromatic N) is 2. The van der Waals surface area contributed by atoms with Gasteiger partial charge in [0.1, 0.15) is 0 Å². The second-order valence-electron chi connectivity index (χ2n) is 4.48. The molecular weight excluding hydrogens is 234 g/mol. The van der Waals surface area contributed by atoms with Crippen molar-refractivity contribution in [3.05, 3.63) is 60.4 Å². The highest BCUT2D eigenvalue weighted by Crippen LogP contribution is 2.25. The van der Waals surface area contributed by atoms with Gasteiger partial charge in [-0.2, -0.15) is 0 Å². The van der Waals surface area contributed by atoms with Gasteiger partial charge in [-0.05, 0) is 29.3 Å². The van der Waals surface area contributed by atoms with Crippen LogP contribution in [-0.2, 0) is 6.42 Å². The van der Waals surface area contributed by atoms with Gasteiger partial charge in [-0.3, -0.25) is 0 Å². The SMILES string of the molecule is NCCc1cnc(-c2cccc3ccccc23)nc1. The Morgan fingerprint density at radius 2 is 1.63 bits per heavy atom. The molecule has 19 heavy (non-hydrogen) atoms. The molecule has 1 heterocycles. The van der Waals surface area contributed by atoms with Crippen LogP contribution in [-0.4, -0.2) is 16.5 Å². The van der Waals surface area contributed by atoms with Gasteiger partial charge in [0, 0.05) is 18.0 Å². The molecule has 2 N–H and O–H groups in total. The van der Waals surface area contributed by atoms with Crippen LogP contribution in [0.5, 0.6) is 0 Å². The summed E-state index contributed by atoms with van der Waals surface area (Å²) in [6.45, 7) is 0.622. The molecule has 0 aliphatic heterocycles. The van der Waals surface area contributed by atoms with Gasteiger partial charge >= 0.3 is 0 Å².